The van der Waals surface area contributed by atoms with Gasteiger partial charge in [0.1, 0.15) is 0 Å². The predicted molar refractivity (Wildman–Crippen MR) is 87.6 cm³/mol. The molecule has 2 aliphatic carbocycles. The Morgan fingerprint density at radius 1 is 1.33 bits per heavy atom. The van der Waals surface area contributed by atoms with Crippen LogP contribution in [0.1, 0.15) is 51.1 Å². The van der Waals surface area contributed by atoms with Crippen molar-refractivity contribution in [1.29, 1.82) is 0 Å². The summed E-state index contributed by atoms with van der Waals surface area (Å²) in [5, 5.41) is 3.86. The van der Waals surface area contributed by atoms with Gasteiger partial charge in [0, 0.05) is 4.88 Å². The third-order valence-electron chi connectivity index (χ3n) is 4.78. The van der Waals surface area contributed by atoms with Crippen LogP contribution in [0.4, 0.5) is 5.13 Å². The molecule has 0 radical (unpaired) electrons. The van der Waals surface area contributed by atoms with E-state index in [0.717, 1.165) is 18.0 Å². The highest BCUT2D eigenvalue weighted by molar-refractivity contribution is 7.15. The van der Waals surface area contributed by atoms with Crippen molar-refractivity contribution in [3.8, 4) is 0 Å². The number of allylic oxidation sites excluding steroid dienone is 2. The highest BCUT2D eigenvalue weighted by Crippen LogP contribution is 2.59. The highest BCUT2D eigenvalue weighted by atomic mass is 32.1. The largest absolute Gasteiger partial charge is 0.302 e. The lowest BCUT2D eigenvalue weighted by molar-refractivity contribution is -0.118. The summed E-state index contributed by atoms with van der Waals surface area (Å²) < 4.78 is 0. The predicted octanol–water partition coefficient (Wildman–Crippen LogP) is 4.20. The number of carbonyl (C=O) groups excluding carboxylic acids is 1. The Kier molecular flexibility index (Phi) is 3.68. The van der Waals surface area contributed by atoms with Crippen molar-refractivity contribution in [2.75, 3.05) is 5.32 Å². The molecule has 2 unspecified atom stereocenters. The Balaban J connectivity index is 1.70. The second kappa shape index (κ2) is 5.24. The van der Waals surface area contributed by atoms with E-state index in [-0.39, 0.29) is 17.2 Å². The van der Waals surface area contributed by atoms with Crippen molar-refractivity contribution >= 4 is 22.4 Å². The zero-order valence-electron chi connectivity index (χ0n) is 13.3. The van der Waals surface area contributed by atoms with Gasteiger partial charge >= 0.3 is 0 Å². The average molecular weight is 304 g/mol. The Morgan fingerprint density at radius 2 is 2.05 bits per heavy atom. The Bertz CT molecular complexity index is 572. The number of anilines is 1. The van der Waals surface area contributed by atoms with E-state index in [4.69, 9.17) is 0 Å². The van der Waals surface area contributed by atoms with Gasteiger partial charge in [-0.25, -0.2) is 4.98 Å². The van der Waals surface area contributed by atoms with Crippen molar-refractivity contribution in [1.82, 2.24) is 4.98 Å². The summed E-state index contributed by atoms with van der Waals surface area (Å²) >= 11 is 1.67. The number of amides is 1. The van der Waals surface area contributed by atoms with Crippen LogP contribution in [-0.4, -0.2) is 10.9 Å². The molecule has 21 heavy (non-hydrogen) atoms. The van der Waals surface area contributed by atoms with E-state index in [9.17, 15) is 4.79 Å². The Labute approximate surface area is 130 Å². The quantitative estimate of drug-likeness (QED) is 0.850. The number of thiazole rings is 1. The molecule has 114 valence electrons. The van der Waals surface area contributed by atoms with Gasteiger partial charge in [-0.1, -0.05) is 25.5 Å². The lowest BCUT2D eigenvalue weighted by Crippen LogP contribution is -2.16. The van der Waals surface area contributed by atoms with Crippen LogP contribution in [0.25, 0.3) is 0 Å². The summed E-state index contributed by atoms with van der Waals surface area (Å²) in [6, 6.07) is 0. The van der Waals surface area contributed by atoms with Crippen LogP contribution in [0.5, 0.6) is 0 Å². The standard InChI is InChI=1S/C17H24N2OS/c1-10(2)9-11-14(17(11,3)4)15(20)19-16-18-12-7-5-6-8-13(12)21-16/h9,11,14H,5-8H2,1-4H3,(H,18,19,20). The maximum absolute atomic E-state index is 12.5. The SMILES string of the molecule is CC(C)=CC1C(C(=O)Nc2nc3c(s2)CCCC3)C1(C)C. The first-order valence-electron chi connectivity index (χ1n) is 7.84. The second-order valence-electron chi connectivity index (χ2n) is 7.15. The fraction of sp³-hybridized carbons (Fsp3) is 0.647. The molecule has 2 atom stereocenters. The molecule has 0 spiro atoms. The molecule has 1 aromatic heterocycles. The zero-order chi connectivity index (χ0) is 15.2. The fourth-order valence-electron chi connectivity index (χ4n) is 3.44. The van der Waals surface area contributed by atoms with Crippen molar-refractivity contribution in [2.24, 2.45) is 17.3 Å². The minimum atomic E-state index is 0.0677. The first-order valence-corrected chi connectivity index (χ1v) is 8.65. The third-order valence-corrected chi connectivity index (χ3v) is 5.85. The molecule has 2 aliphatic rings. The molecule has 3 rings (SSSR count). The molecule has 3 nitrogen and oxygen atoms in total. The zero-order valence-corrected chi connectivity index (χ0v) is 14.1. The molecule has 0 bridgehead atoms. The maximum atomic E-state index is 12.5. The summed E-state index contributed by atoms with van der Waals surface area (Å²) in [7, 11) is 0. The number of carbonyl (C=O) groups is 1. The second-order valence-corrected chi connectivity index (χ2v) is 8.24. The molecule has 0 saturated heterocycles. The third kappa shape index (κ3) is 2.78. The van der Waals surface area contributed by atoms with Gasteiger partial charge in [-0.05, 0) is 50.9 Å². The Hall–Kier alpha value is -1.16. The molecule has 1 saturated carbocycles. The van der Waals surface area contributed by atoms with Gasteiger partial charge in [0.15, 0.2) is 5.13 Å². The van der Waals surface area contributed by atoms with Gasteiger partial charge in [0.05, 0.1) is 11.6 Å². The summed E-state index contributed by atoms with van der Waals surface area (Å²) in [5.74, 6) is 0.569. The van der Waals surface area contributed by atoms with Gasteiger partial charge in [0.2, 0.25) is 5.91 Å². The van der Waals surface area contributed by atoms with Crippen molar-refractivity contribution in [3.05, 3.63) is 22.2 Å². The van der Waals surface area contributed by atoms with Gasteiger partial charge in [-0.2, -0.15) is 0 Å². The minimum Gasteiger partial charge on any atom is -0.302 e. The van der Waals surface area contributed by atoms with Crippen molar-refractivity contribution in [3.63, 3.8) is 0 Å². The topological polar surface area (TPSA) is 42.0 Å². The van der Waals surface area contributed by atoms with E-state index < -0.39 is 0 Å². The smallest absolute Gasteiger partial charge is 0.230 e. The van der Waals surface area contributed by atoms with E-state index >= 15 is 0 Å². The van der Waals surface area contributed by atoms with Crippen LogP contribution in [0.15, 0.2) is 11.6 Å². The van der Waals surface area contributed by atoms with Gasteiger partial charge in [-0.3, -0.25) is 4.79 Å². The normalized spacial score (nSPS) is 25.9. The molecule has 1 aromatic rings. The molecule has 1 amide bonds. The summed E-state index contributed by atoms with van der Waals surface area (Å²) in [6.45, 7) is 8.54. The highest BCUT2D eigenvalue weighted by Gasteiger charge is 2.60. The average Bonchev–Trinajstić information content (AvgIpc) is 2.77. The van der Waals surface area contributed by atoms with Gasteiger partial charge in [-0.15, -0.1) is 11.3 Å². The molecular formula is C17H24N2OS. The van der Waals surface area contributed by atoms with E-state index in [1.165, 1.54) is 29.0 Å². The number of rotatable bonds is 3. The molecule has 4 heteroatoms. The lowest BCUT2D eigenvalue weighted by atomic mass is 10.0. The first-order chi connectivity index (χ1) is 9.89. The van der Waals surface area contributed by atoms with Crippen LogP contribution in [0, 0.1) is 17.3 Å². The van der Waals surface area contributed by atoms with Crippen molar-refractivity contribution in [2.45, 2.75) is 53.4 Å². The number of nitrogens with zero attached hydrogens (tertiary/aromatic N) is 1. The van der Waals surface area contributed by atoms with Crippen LogP contribution in [-0.2, 0) is 17.6 Å². The maximum Gasteiger partial charge on any atom is 0.230 e. The molecule has 1 fully saturated rings. The molecule has 1 N–H and O–H groups in total. The van der Waals surface area contributed by atoms with Crippen LogP contribution >= 0.6 is 11.3 Å². The van der Waals surface area contributed by atoms with Gasteiger partial charge in [0.25, 0.3) is 0 Å². The van der Waals surface area contributed by atoms with Crippen LogP contribution < -0.4 is 5.32 Å². The van der Waals surface area contributed by atoms with Crippen LogP contribution in [0.2, 0.25) is 0 Å². The number of aryl methyl sites for hydroxylation is 2. The number of nitrogens with one attached hydrogen (secondary N) is 1. The lowest BCUT2D eigenvalue weighted by Gasteiger charge is -2.06. The van der Waals surface area contributed by atoms with E-state index in [2.05, 4.69) is 44.1 Å². The van der Waals surface area contributed by atoms with Gasteiger partial charge < -0.3 is 5.32 Å². The van der Waals surface area contributed by atoms with E-state index in [1.54, 1.807) is 11.3 Å². The van der Waals surface area contributed by atoms with Crippen molar-refractivity contribution < 1.29 is 4.79 Å². The molecule has 0 aliphatic heterocycles. The fourth-order valence-corrected chi connectivity index (χ4v) is 4.49. The number of hydrogen-bond donors (Lipinski definition) is 1. The summed E-state index contributed by atoms with van der Waals surface area (Å²) in [5.41, 5.74) is 2.56. The summed E-state index contributed by atoms with van der Waals surface area (Å²) in [6.07, 6.45) is 6.90. The first kappa shape index (κ1) is 14.8. The van der Waals surface area contributed by atoms with E-state index in [1.807, 2.05) is 0 Å². The minimum absolute atomic E-state index is 0.0677. The monoisotopic (exact) mass is 304 g/mol. The number of hydrogen-bond acceptors (Lipinski definition) is 3. The molecular weight excluding hydrogens is 280 g/mol. The molecule has 0 aromatic carbocycles. The van der Waals surface area contributed by atoms with E-state index in [0.29, 0.717) is 5.92 Å². The number of fused-ring (bicyclic) bond motifs is 1. The Morgan fingerprint density at radius 3 is 2.71 bits per heavy atom. The molecule has 1 heterocycles. The number of aromatic nitrogens is 1. The summed E-state index contributed by atoms with van der Waals surface area (Å²) in [4.78, 5) is 18.5. The van der Waals surface area contributed by atoms with Crippen LogP contribution in [0.3, 0.4) is 0 Å².